The second-order valence-corrected chi connectivity index (χ2v) is 7.27. The van der Waals surface area contributed by atoms with Crippen molar-refractivity contribution in [3.63, 3.8) is 0 Å². The average Bonchev–Trinajstić information content (AvgIpc) is 2.98. The molecule has 9 heteroatoms. The number of aryl methyl sites for hydroxylation is 1. The fourth-order valence-electron chi connectivity index (χ4n) is 3.43. The number of rotatable bonds is 2. The van der Waals surface area contributed by atoms with Gasteiger partial charge in [-0.15, -0.1) is 0 Å². The maximum Gasteiger partial charge on any atom is 0.289 e. The number of nitrogens with one attached hydrogen (secondary N) is 2. The van der Waals surface area contributed by atoms with Crippen molar-refractivity contribution in [3.8, 4) is 11.8 Å². The van der Waals surface area contributed by atoms with Gasteiger partial charge in [-0.3, -0.25) is 4.79 Å². The lowest BCUT2D eigenvalue weighted by Gasteiger charge is -2.10. The standard InChI is InChI=1S/C20H16ClN5O3/c1-9-7-15(26-20(21)24-9)29-14-6-3-11-12(25-14)4-5-13-16(11)17-18(28-13)19(27)23-10(2)8-22-17/h3-7,10,22H,8H2,1-2H3,(H,23,27). The summed E-state index contributed by atoms with van der Waals surface area (Å²) in [5, 5.41) is 8.01. The van der Waals surface area contributed by atoms with Crippen LogP contribution >= 0.6 is 11.6 Å². The lowest BCUT2D eigenvalue weighted by atomic mass is 10.1. The molecular formula is C20H16ClN5O3. The molecule has 1 aromatic carbocycles. The first-order valence-electron chi connectivity index (χ1n) is 9.08. The van der Waals surface area contributed by atoms with E-state index < -0.39 is 0 Å². The molecule has 1 atom stereocenters. The number of fused-ring (bicyclic) bond motifs is 5. The summed E-state index contributed by atoms with van der Waals surface area (Å²) in [4.78, 5) is 25.1. The van der Waals surface area contributed by atoms with Crippen molar-refractivity contribution in [1.29, 1.82) is 0 Å². The van der Waals surface area contributed by atoms with Crippen molar-refractivity contribution < 1.29 is 13.9 Å². The Balaban J connectivity index is 1.61. The summed E-state index contributed by atoms with van der Waals surface area (Å²) in [5.41, 5.74) is 2.70. The van der Waals surface area contributed by atoms with Gasteiger partial charge in [-0.2, -0.15) is 4.98 Å². The zero-order chi connectivity index (χ0) is 20.1. The van der Waals surface area contributed by atoms with Crippen LogP contribution in [0.5, 0.6) is 11.8 Å². The molecule has 8 nitrogen and oxygen atoms in total. The first kappa shape index (κ1) is 17.7. The number of carbonyl (C=O) groups is 1. The molecule has 0 bridgehead atoms. The molecule has 4 heterocycles. The highest BCUT2D eigenvalue weighted by atomic mass is 35.5. The van der Waals surface area contributed by atoms with Crippen LogP contribution in [-0.4, -0.2) is 33.4 Å². The lowest BCUT2D eigenvalue weighted by Crippen LogP contribution is -2.34. The predicted molar refractivity (Wildman–Crippen MR) is 109 cm³/mol. The fraction of sp³-hybridized carbons (Fsp3) is 0.200. The highest BCUT2D eigenvalue weighted by Crippen LogP contribution is 2.37. The second-order valence-electron chi connectivity index (χ2n) is 6.94. The van der Waals surface area contributed by atoms with Crippen molar-refractivity contribution in [2.75, 3.05) is 11.9 Å². The molecule has 1 amide bonds. The number of carbonyl (C=O) groups excluding carboxylic acids is 1. The first-order valence-corrected chi connectivity index (χ1v) is 9.46. The fourth-order valence-corrected chi connectivity index (χ4v) is 3.64. The molecule has 0 radical (unpaired) electrons. The molecule has 0 saturated carbocycles. The SMILES string of the molecule is Cc1cc(Oc2ccc3c(ccc4oc5c(c43)NCC(C)NC5=O)n2)nc(Cl)n1. The van der Waals surface area contributed by atoms with E-state index in [2.05, 4.69) is 25.6 Å². The Morgan fingerprint density at radius 2 is 2.03 bits per heavy atom. The first-order chi connectivity index (χ1) is 14.0. The summed E-state index contributed by atoms with van der Waals surface area (Å²) in [5.74, 6) is 0.744. The molecule has 1 aliphatic rings. The Bertz CT molecular complexity index is 1270. The van der Waals surface area contributed by atoms with Gasteiger partial charge in [0.15, 0.2) is 0 Å². The molecule has 3 aromatic heterocycles. The van der Waals surface area contributed by atoms with Gasteiger partial charge in [-0.25, -0.2) is 9.97 Å². The van der Waals surface area contributed by atoms with Crippen LogP contribution in [-0.2, 0) is 0 Å². The summed E-state index contributed by atoms with van der Waals surface area (Å²) in [7, 11) is 0. The van der Waals surface area contributed by atoms with E-state index in [-0.39, 0.29) is 23.0 Å². The molecule has 5 rings (SSSR count). The van der Waals surface area contributed by atoms with Crippen LogP contribution in [0.3, 0.4) is 0 Å². The third kappa shape index (κ3) is 3.11. The van der Waals surface area contributed by atoms with E-state index in [1.54, 1.807) is 25.1 Å². The van der Waals surface area contributed by atoms with E-state index in [4.69, 9.17) is 20.8 Å². The smallest absolute Gasteiger partial charge is 0.289 e. The van der Waals surface area contributed by atoms with Crippen LogP contribution in [0.25, 0.3) is 21.9 Å². The molecule has 1 aliphatic heterocycles. The third-order valence-electron chi connectivity index (χ3n) is 4.68. The summed E-state index contributed by atoms with van der Waals surface area (Å²) < 4.78 is 11.6. The topological polar surface area (TPSA) is 102 Å². The van der Waals surface area contributed by atoms with Crippen LogP contribution in [0.1, 0.15) is 23.2 Å². The normalized spacial score (nSPS) is 16.2. The molecule has 4 aromatic rings. The van der Waals surface area contributed by atoms with E-state index in [1.807, 2.05) is 19.1 Å². The van der Waals surface area contributed by atoms with E-state index in [1.165, 1.54) is 0 Å². The summed E-state index contributed by atoms with van der Waals surface area (Å²) >= 11 is 5.89. The minimum absolute atomic E-state index is 0.00334. The van der Waals surface area contributed by atoms with Crippen LogP contribution in [0.4, 0.5) is 5.69 Å². The number of aromatic nitrogens is 3. The highest BCUT2D eigenvalue weighted by Gasteiger charge is 2.26. The van der Waals surface area contributed by atoms with Crippen molar-refractivity contribution in [2.45, 2.75) is 19.9 Å². The van der Waals surface area contributed by atoms with Crippen molar-refractivity contribution in [1.82, 2.24) is 20.3 Å². The number of nitrogens with zero attached hydrogens (tertiary/aromatic N) is 3. The monoisotopic (exact) mass is 409 g/mol. The number of hydrogen-bond acceptors (Lipinski definition) is 7. The number of furan rings is 1. The summed E-state index contributed by atoms with van der Waals surface area (Å²) in [6.07, 6.45) is 0. The third-order valence-corrected chi connectivity index (χ3v) is 4.85. The number of pyridine rings is 1. The molecular weight excluding hydrogens is 394 g/mol. The Morgan fingerprint density at radius 3 is 2.86 bits per heavy atom. The maximum absolute atomic E-state index is 12.4. The Morgan fingerprint density at radius 1 is 1.17 bits per heavy atom. The van der Waals surface area contributed by atoms with Gasteiger partial charge in [-0.1, -0.05) is 0 Å². The molecule has 0 fully saturated rings. The average molecular weight is 410 g/mol. The summed E-state index contributed by atoms with van der Waals surface area (Å²) in [6.45, 7) is 4.34. The highest BCUT2D eigenvalue weighted by molar-refractivity contribution is 6.28. The van der Waals surface area contributed by atoms with Crippen molar-refractivity contribution >= 4 is 45.1 Å². The van der Waals surface area contributed by atoms with E-state index in [9.17, 15) is 4.79 Å². The lowest BCUT2D eigenvalue weighted by molar-refractivity contribution is 0.0920. The van der Waals surface area contributed by atoms with Gasteiger partial charge in [-0.05, 0) is 43.6 Å². The Hall–Kier alpha value is -3.39. The van der Waals surface area contributed by atoms with Gasteiger partial charge in [0.2, 0.25) is 22.8 Å². The number of hydrogen-bond donors (Lipinski definition) is 2. The predicted octanol–water partition coefficient (Wildman–Crippen LogP) is 4.07. The minimum atomic E-state index is -0.231. The Labute approximate surface area is 170 Å². The molecule has 29 heavy (non-hydrogen) atoms. The van der Waals surface area contributed by atoms with Crippen LogP contribution in [0.15, 0.2) is 34.7 Å². The van der Waals surface area contributed by atoms with Gasteiger partial charge >= 0.3 is 0 Å². The molecule has 0 aliphatic carbocycles. The zero-order valence-electron chi connectivity index (χ0n) is 15.6. The van der Waals surface area contributed by atoms with E-state index in [0.717, 1.165) is 10.8 Å². The largest absolute Gasteiger partial charge is 0.449 e. The van der Waals surface area contributed by atoms with E-state index >= 15 is 0 Å². The zero-order valence-corrected chi connectivity index (χ0v) is 16.4. The molecule has 1 unspecified atom stereocenters. The number of anilines is 1. The molecule has 146 valence electrons. The van der Waals surface area contributed by atoms with Gasteiger partial charge < -0.3 is 19.8 Å². The number of amides is 1. The molecule has 0 spiro atoms. The van der Waals surface area contributed by atoms with Crippen LogP contribution in [0, 0.1) is 6.92 Å². The number of benzene rings is 1. The van der Waals surface area contributed by atoms with E-state index in [0.29, 0.717) is 40.8 Å². The van der Waals surface area contributed by atoms with Crippen LogP contribution in [0.2, 0.25) is 5.28 Å². The number of halogens is 1. The van der Waals surface area contributed by atoms with Gasteiger partial charge in [0, 0.05) is 35.8 Å². The quantitative estimate of drug-likeness (QED) is 0.481. The maximum atomic E-state index is 12.4. The number of ether oxygens (including phenoxy) is 1. The van der Waals surface area contributed by atoms with Crippen molar-refractivity contribution in [2.24, 2.45) is 0 Å². The Kier molecular flexibility index (Phi) is 4.02. The molecule has 2 N–H and O–H groups in total. The molecule has 0 saturated heterocycles. The second kappa shape index (κ2) is 6.59. The van der Waals surface area contributed by atoms with Gasteiger partial charge in [0.05, 0.1) is 16.6 Å². The van der Waals surface area contributed by atoms with Crippen molar-refractivity contribution in [3.05, 3.63) is 47.1 Å². The van der Waals surface area contributed by atoms with Gasteiger partial charge in [0.25, 0.3) is 5.91 Å². The van der Waals surface area contributed by atoms with Gasteiger partial charge in [0.1, 0.15) is 5.58 Å². The minimum Gasteiger partial charge on any atom is -0.449 e. The summed E-state index contributed by atoms with van der Waals surface area (Å²) in [6, 6.07) is 8.93. The van der Waals surface area contributed by atoms with Crippen LogP contribution < -0.4 is 15.4 Å².